The number of benzene rings is 1. The Balaban J connectivity index is 2.17. The molecule has 19 heavy (non-hydrogen) atoms. The summed E-state index contributed by atoms with van der Waals surface area (Å²) >= 11 is 0. The van der Waals surface area contributed by atoms with Gasteiger partial charge in [0.05, 0.1) is 0 Å². The molecule has 0 unspecified atom stereocenters. The third-order valence-electron chi connectivity index (χ3n) is 2.08. The van der Waals surface area contributed by atoms with Gasteiger partial charge < -0.3 is 10.6 Å². The summed E-state index contributed by atoms with van der Waals surface area (Å²) in [6, 6.07) is 8.93. The van der Waals surface area contributed by atoms with Crippen LogP contribution in [0.5, 0.6) is 0 Å². The van der Waals surface area contributed by atoms with Gasteiger partial charge in [0.15, 0.2) is 0 Å². The van der Waals surface area contributed by atoms with Gasteiger partial charge in [-0.25, -0.2) is 4.79 Å². The fraction of sp³-hybridized carbons (Fsp3) is 0.250. The molecule has 0 bridgehead atoms. The van der Waals surface area contributed by atoms with Crippen LogP contribution < -0.4 is 21.5 Å². The van der Waals surface area contributed by atoms with E-state index in [0.717, 1.165) is 5.56 Å². The van der Waals surface area contributed by atoms with Crippen molar-refractivity contribution >= 4 is 17.8 Å². The summed E-state index contributed by atoms with van der Waals surface area (Å²) in [5.41, 5.74) is 5.21. The number of hydrazine groups is 1. The van der Waals surface area contributed by atoms with E-state index in [0.29, 0.717) is 6.54 Å². The number of hydrogen-bond acceptors (Lipinski definition) is 3. The summed E-state index contributed by atoms with van der Waals surface area (Å²) in [5.74, 6) is -0.896. The molecule has 0 fully saturated rings. The molecule has 0 aliphatic rings. The van der Waals surface area contributed by atoms with E-state index < -0.39 is 11.9 Å². The molecule has 0 atom stereocenters. The molecule has 0 aliphatic carbocycles. The van der Waals surface area contributed by atoms with E-state index in [9.17, 15) is 14.4 Å². The van der Waals surface area contributed by atoms with Gasteiger partial charge in [-0.2, -0.15) is 0 Å². The number of carbonyl (C=O) groups is 3. The van der Waals surface area contributed by atoms with Crippen molar-refractivity contribution < 1.29 is 14.4 Å². The number of carbonyl (C=O) groups excluding carboxylic acids is 3. The van der Waals surface area contributed by atoms with E-state index in [1.807, 2.05) is 30.3 Å². The molecule has 102 valence electrons. The second kappa shape index (κ2) is 7.70. The topological polar surface area (TPSA) is 99.3 Å². The molecule has 0 saturated carbocycles. The van der Waals surface area contributed by atoms with E-state index in [-0.39, 0.29) is 12.5 Å². The first kappa shape index (κ1) is 14.5. The lowest BCUT2D eigenvalue weighted by molar-refractivity contribution is -0.127. The van der Waals surface area contributed by atoms with Crippen molar-refractivity contribution in [1.29, 1.82) is 0 Å². The van der Waals surface area contributed by atoms with Crippen molar-refractivity contribution in [3.8, 4) is 0 Å². The predicted octanol–water partition coefficient (Wildman–Crippen LogP) is -0.347. The van der Waals surface area contributed by atoms with Gasteiger partial charge in [0.2, 0.25) is 5.91 Å². The molecule has 0 aliphatic heterocycles. The molecule has 4 N–H and O–H groups in total. The molecule has 0 saturated heterocycles. The minimum absolute atomic E-state index is 0.221. The number of nitrogens with one attached hydrogen (secondary N) is 4. The summed E-state index contributed by atoms with van der Waals surface area (Å²) in [6.45, 7) is 1.42. The molecule has 1 rings (SSSR count). The van der Waals surface area contributed by atoms with Crippen LogP contribution in [0.15, 0.2) is 30.3 Å². The van der Waals surface area contributed by atoms with Crippen LogP contribution in [-0.2, 0) is 16.1 Å². The molecule has 7 heteroatoms. The van der Waals surface area contributed by atoms with Crippen LogP contribution in [-0.4, -0.2) is 24.4 Å². The largest absolute Gasteiger partial charge is 0.334 e. The van der Waals surface area contributed by atoms with Gasteiger partial charge in [-0.15, -0.1) is 0 Å². The highest BCUT2D eigenvalue weighted by Crippen LogP contribution is 1.96. The monoisotopic (exact) mass is 264 g/mol. The average Bonchev–Trinajstić information content (AvgIpc) is 2.41. The number of hydrogen-bond donors (Lipinski definition) is 4. The van der Waals surface area contributed by atoms with Crippen LogP contribution in [0.2, 0.25) is 0 Å². The van der Waals surface area contributed by atoms with Gasteiger partial charge in [0.1, 0.15) is 6.54 Å². The lowest BCUT2D eigenvalue weighted by atomic mass is 10.2. The first-order chi connectivity index (χ1) is 9.08. The average molecular weight is 264 g/mol. The molecule has 7 nitrogen and oxygen atoms in total. The van der Waals surface area contributed by atoms with Gasteiger partial charge in [0, 0.05) is 13.5 Å². The zero-order valence-corrected chi connectivity index (χ0v) is 10.5. The molecule has 4 amide bonds. The van der Waals surface area contributed by atoms with Gasteiger partial charge in [-0.05, 0) is 5.56 Å². The van der Waals surface area contributed by atoms with E-state index in [2.05, 4.69) is 21.5 Å². The van der Waals surface area contributed by atoms with E-state index in [1.54, 1.807) is 0 Å². The summed E-state index contributed by atoms with van der Waals surface area (Å²) in [4.78, 5) is 33.0. The maximum atomic E-state index is 11.4. The Bertz CT molecular complexity index is 448. The highest BCUT2D eigenvalue weighted by atomic mass is 16.2. The molecule has 0 heterocycles. The zero-order valence-electron chi connectivity index (χ0n) is 10.5. The quantitative estimate of drug-likeness (QED) is 0.559. The Kier molecular flexibility index (Phi) is 5.87. The number of amides is 4. The van der Waals surface area contributed by atoms with Crippen LogP contribution in [0.25, 0.3) is 0 Å². The van der Waals surface area contributed by atoms with Crippen molar-refractivity contribution in [2.75, 3.05) is 6.54 Å². The fourth-order valence-corrected chi connectivity index (χ4v) is 1.20. The first-order valence-electron chi connectivity index (χ1n) is 5.69. The smallest absolute Gasteiger partial charge is 0.315 e. The van der Waals surface area contributed by atoms with Crippen LogP contribution in [0.4, 0.5) is 4.79 Å². The van der Waals surface area contributed by atoms with Crippen molar-refractivity contribution in [3.05, 3.63) is 35.9 Å². The Morgan fingerprint density at radius 3 is 2.32 bits per heavy atom. The lowest BCUT2D eigenvalue weighted by Gasteiger charge is -2.08. The third-order valence-corrected chi connectivity index (χ3v) is 2.08. The highest BCUT2D eigenvalue weighted by molar-refractivity contribution is 5.85. The Labute approximate surface area is 110 Å². The molecule has 0 aromatic heterocycles. The summed E-state index contributed by atoms with van der Waals surface area (Å²) < 4.78 is 0. The maximum Gasteiger partial charge on any atom is 0.315 e. The van der Waals surface area contributed by atoms with Gasteiger partial charge in [-0.3, -0.25) is 20.4 Å². The Morgan fingerprint density at radius 2 is 1.68 bits per heavy atom. The third kappa shape index (κ3) is 6.67. The van der Waals surface area contributed by atoms with E-state index in [1.165, 1.54) is 6.92 Å². The summed E-state index contributed by atoms with van der Waals surface area (Å²) in [7, 11) is 0. The maximum absolute atomic E-state index is 11.4. The fourth-order valence-electron chi connectivity index (χ4n) is 1.20. The van der Waals surface area contributed by atoms with Crippen molar-refractivity contribution in [2.45, 2.75) is 13.5 Å². The van der Waals surface area contributed by atoms with Crippen molar-refractivity contribution in [3.63, 3.8) is 0 Å². The summed E-state index contributed by atoms with van der Waals surface area (Å²) in [5, 5.41) is 4.96. The normalized spacial score (nSPS) is 9.32. The Hall–Kier alpha value is -2.57. The molecular weight excluding hydrogens is 248 g/mol. The second-order valence-corrected chi connectivity index (χ2v) is 3.75. The molecule has 1 aromatic carbocycles. The number of urea groups is 1. The molecular formula is C12H16N4O3. The zero-order chi connectivity index (χ0) is 14.1. The molecule has 0 radical (unpaired) electrons. The van der Waals surface area contributed by atoms with Crippen LogP contribution >= 0.6 is 0 Å². The molecule has 1 aromatic rings. The minimum Gasteiger partial charge on any atom is -0.334 e. The van der Waals surface area contributed by atoms with Crippen LogP contribution in [0.3, 0.4) is 0 Å². The number of rotatable bonds is 4. The lowest BCUT2D eigenvalue weighted by Crippen LogP contribution is -2.47. The first-order valence-corrected chi connectivity index (χ1v) is 5.69. The van der Waals surface area contributed by atoms with Crippen molar-refractivity contribution in [2.24, 2.45) is 0 Å². The standard InChI is InChI=1S/C12H16N4O3/c1-9(17)15-16-11(18)8-14-12(19)13-7-10-5-3-2-4-6-10/h2-6H,7-8H2,1H3,(H,15,17)(H,16,18)(H2,13,14,19). The van der Waals surface area contributed by atoms with Crippen LogP contribution in [0.1, 0.15) is 12.5 Å². The van der Waals surface area contributed by atoms with E-state index >= 15 is 0 Å². The SMILES string of the molecule is CC(=O)NNC(=O)CNC(=O)NCc1ccccc1. The van der Waals surface area contributed by atoms with E-state index in [4.69, 9.17) is 0 Å². The second-order valence-electron chi connectivity index (χ2n) is 3.75. The van der Waals surface area contributed by atoms with Gasteiger partial charge in [-0.1, -0.05) is 30.3 Å². The molecule has 0 spiro atoms. The van der Waals surface area contributed by atoms with Gasteiger partial charge in [0.25, 0.3) is 5.91 Å². The van der Waals surface area contributed by atoms with Gasteiger partial charge >= 0.3 is 6.03 Å². The van der Waals surface area contributed by atoms with Crippen LogP contribution in [0, 0.1) is 0 Å². The Morgan fingerprint density at radius 1 is 1.00 bits per heavy atom. The summed E-state index contributed by atoms with van der Waals surface area (Å²) in [6.07, 6.45) is 0. The highest BCUT2D eigenvalue weighted by Gasteiger charge is 2.04. The minimum atomic E-state index is -0.509. The predicted molar refractivity (Wildman–Crippen MR) is 68.6 cm³/mol. The van der Waals surface area contributed by atoms with Crippen molar-refractivity contribution in [1.82, 2.24) is 21.5 Å².